The summed E-state index contributed by atoms with van der Waals surface area (Å²) in [6, 6.07) is 5.16. The Balaban J connectivity index is 0.00000112. The predicted octanol–water partition coefficient (Wildman–Crippen LogP) is 0.268. The smallest absolute Gasteiger partial charge is 0.445 e. The van der Waals surface area contributed by atoms with E-state index < -0.39 is 12.4 Å². The van der Waals surface area contributed by atoms with Gasteiger partial charge in [-0.3, -0.25) is 0 Å². The molecular weight excluding hydrogens is 247 g/mol. The molecule has 0 aliphatic carbocycles. The third-order valence-electron chi connectivity index (χ3n) is 2.11. The first-order chi connectivity index (χ1) is 6.48. The van der Waals surface area contributed by atoms with Crippen LogP contribution >= 0.6 is 11.3 Å². The normalized spacial score (nSPS) is 11.5. The maximum atomic E-state index is 12.6. The van der Waals surface area contributed by atoms with Crippen molar-refractivity contribution in [3.05, 3.63) is 29.1 Å². The molecule has 2 rings (SSSR count). The fourth-order valence-electron chi connectivity index (χ4n) is 1.42. The van der Waals surface area contributed by atoms with E-state index >= 15 is 0 Å². The summed E-state index contributed by atoms with van der Waals surface area (Å²) in [5.74, 6) is 0. The van der Waals surface area contributed by atoms with Crippen molar-refractivity contribution in [2.75, 3.05) is 0 Å². The minimum Gasteiger partial charge on any atom is -0.445 e. The van der Waals surface area contributed by atoms with Gasteiger partial charge in [0.2, 0.25) is 0 Å². The molecule has 15 heavy (non-hydrogen) atoms. The van der Waals surface area contributed by atoms with Crippen LogP contribution in [0.25, 0.3) is 10.1 Å². The van der Waals surface area contributed by atoms with Gasteiger partial charge in [-0.15, -0.1) is 11.3 Å². The van der Waals surface area contributed by atoms with Crippen molar-refractivity contribution in [1.82, 2.24) is 0 Å². The van der Waals surface area contributed by atoms with Crippen LogP contribution < -0.4 is 56.8 Å². The second kappa shape index (κ2) is 4.89. The van der Waals surface area contributed by atoms with E-state index in [0.717, 1.165) is 16.9 Å². The maximum absolute atomic E-state index is 12.6. The van der Waals surface area contributed by atoms with Gasteiger partial charge >= 0.3 is 58.4 Å². The fraction of sp³-hybridized carbons (Fsp3) is 0.111. The van der Waals surface area contributed by atoms with Gasteiger partial charge in [-0.25, -0.2) is 0 Å². The van der Waals surface area contributed by atoms with Gasteiger partial charge in [0.05, 0.1) is 0 Å². The minimum absolute atomic E-state index is 0. The predicted molar refractivity (Wildman–Crippen MR) is 55.3 cm³/mol. The molecule has 0 bridgehead atoms. The SMILES string of the molecule is Cc1ccc2scc([B-](F)(F)F)c2c1.[K+]. The fourth-order valence-corrected chi connectivity index (χ4v) is 2.40. The zero-order valence-corrected chi connectivity index (χ0v) is 12.4. The Morgan fingerprint density at radius 1 is 1.20 bits per heavy atom. The van der Waals surface area contributed by atoms with Crippen LogP contribution in [0.5, 0.6) is 0 Å². The van der Waals surface area contributed by atoms with Crippen LogP contribution in [0.1, 0.15) is 5.56 Å². The van der Waals surface area contributed by atoms with Crippen LogP contribution in [0.15, 0.2) is 23.6 Å². The van der Waals surface area contributed by atoms with Crippen LogP contribution in [0.3, 0.4) is 0 Å². The molecule has 0 aliphatic rings. The molecule has 1 aromatic carbocycles. The number of hydrogen-bond acceptors (Lipinski definition) is 1. The monoisotopic (exact) mass is 254 g/mol. The summed E-state index contributed by atoms with van der Waals surface area (Å²) in [6.07, 6.45) is 0. The van der Waals surface area contributed by atoms with Gasteiger partial charge in [-0.05, 0) is 23.8 Å². The van der Waals surface area contributed by atoms with E-state index in [0.29, 0.717) is 10.1 Å². The van der Waals surface area contributed by atoms with E-state index in [1.165, 1.54) is 5.38 Å². The van der Waals surface area contributed by atoms with Crippen molar-refractivity contribution in [2.24, 2.45) is 0 Å². The zero-order valence-electron chi connectivity index (χ0n) is 8.43. The third kappa shape index (κ3) is 2.87. The number of benzene rings is 1. The second-order valence-corrected chi connectivity index (χ2v) is 4.18. The summed E-state index contributed by atoms with van der Waals surface area (Å²) in [5, 5.41) is 1.53. The van der Waals surface area contributed by atoms with Gasteiger partial charge in [0.15, 0.2) is 0 Å². The Morgan fingerprint density at radius 2 is 1.87 bits per heavy atom. The molecule has 0 atom stereocenters. The number of rotatable bonds is 1. The molecule has 74 valence electrons. The first-order valence-corrected chi connectivity index (χ1v) is 5.04. The number of fused-ring (bicyclic) bond motifs is 1. The number of aryl methyl sites for hydroxylation is 1. The van der Waals surface area contributed by atoms with Gasteiger partial charge in [0.1, 0.15) is 0 Å². The molecule has 0 N–H and O–H groups in total. The van der Waals surface area contributed by atoms with E-state index in [4.69, 9.17) is 0 Å². The molecule has 1 heterocycles. The molecule has 0 saturated heterocycles. The first-order valence-electron chi connectivity index (χ1n) is 4.16. The minimum atomic E-state index is -4.88. The third-order valence-corrected chi connectivity index (χ3v) is 3.09. The summed E-state index contributed by atoms with van der Waals surface area (Å²) >= 11 is 1.15. The van der Waals surface area contributed by atoms with Crippen LogP contribution in [0, 0.1) is 6.92 Å². The maximum Gasteiger partial charge on any atom is 1.00 e. The topological polar surface area (TPSA) is 0 Å². The van der Waals surface area contributed by atoms with Crippen molar-refractivity contribution in [1.29, 1.82) is 0 Å². The molecule has 0 unspecified atom stereocenters. The van der Waals surface area contributed by atoms with Crippen molar-refractivity contribution in [3.63, 3.8) is 0 Å². The first kappa shape index (κ1) is 13.7. The Morgan fingerprint density at radius 3 is 2.47 bits per heavy atom. The quantitative estimate of drug-likeness (QED) is 0.641. The molecule has 0 saturated carbocycles. The average molecular weight is 254 g/mol. The second-order valence-electron chi connectivity index (χ2n) is 3.27. The molecule has 0 radical (unpaired) electrons. The van der Waals surface area contributed by atoms with Gasteiger partial charge in [0.25, 0.3) is 0 Å². The summed E-state index contributed by atoms with van der Waals surface area (Å²) < 4.78 is 38.4. The summed E-state index contributed by atoms with van der Waals surface area (Å²) in [5.41, 5.74) is 0.394. The number of thiophene rings is 1. The van der Waals surface area contributed by atoms with Crippen molar-refractivity contribution in [2.45, 2.75) is 6.92 Å². The van der Waals surface area contributed by atoms with Gasteiger partial charge in [-0.2, -0.15) is 0 Å². The van der Waals surface area contributed by atoms with E-state index in [2.05, 4.69) is 0 Å². The molecule has 1 aromatic heterocycles. The molecule has 0 fully saturated rings. The molecule has 0 amide bonds. The van der Waals surface area contributed by atoms with E-state index in [-0.39, 0.29) is 51.4 Å². The van der Waals surface area contributed by atoms with Gasteiger partial charge < -0.3 is 12.9 Å². The Labute approximate surface area is 132 Å². The number of halogens is 3. The molecule has 0 spiro atoms. The molecule has 6 heteroatoms. The zero-order chi connectivity index (χ0) is 10.3. The van der Waals surface area contributed by atoms with Gasteiger partial charge in [0, 0.05) is 4.70 Å². The Bertz CT molecular complexity index is 478. The van der Waals surface area contributed by atoms with Gasteiger partial charge in [-0.1, -0.05) is 23.2 Å². The summed E-state index contributed by atoms with van der Waals surface area (Å²) in [6.45, 7) is -3.08. The standard InChI is InChI=1S/C9H7BF3S.K/c1-6-2-3-9-7(4-6)8(5-14-9)10(11,12)13;/h2-5H,1H3;/q-1;+1. The van der Waals surface area contributed by atoms with Crippen LogP contribution in [-0.2, 0) is 0 Å². The molecule has 0 aliphatic heterocycles. The Kier molecular flexibility index (Phi) is 4.48. The van der Waals surface area contributed by atoms with Crippen LogP contribution in [-0.4, -0.2) is 6.98 Å². The number of hydrogen-bond donors (Lipinski definition) is 0. The van der Waals surface area contributed by atoms with Crippen LogP contribution in [0.2, 0.25) is 0 Å². The average Bonchev–Trinajstić information content (AvgIpc) is 2.45. The Hall–Kier alpha value is 0.671. The van der Waals surface area contributed by atoms with E-state index in [1.807, 2.05) is 6.07 Å². The van der Waals surface area contributed by atoms with Crippen molar-refractivity contribution >= 4 is 33.9 Å². The van der Waals surface area contributed by atoms with E-state index in [1.54, 1.807) is 19.1 Å². The van der Waals surface area contributed by atoms with Crippen molar-refractivity contribution in [3.8, 4) is 0 Å². The summed E-state index contributed by atoms with van der Waals surface area (Å²) in [4.78, 5) is 0. The van der Waals surface area contributed by atoms with E-state index in [9.17, 15) is 12.9 Å². The summed E-state index contributed by atoms with van der Waals surface area (Å²) in [7, 11) is 0. The molecule has 2 aromatic rings. The largest absolute Gasteiger partial charge is 1.00 e. The molecule has 0 nitrogen and oxygen atoms in total. The van der Waals surface area contributed by atoms with Crippen molar-refractivity contribution < 1.29 is 64.3 Å². The molecular formula is C9H7BF3KS. The van der Waals surface area contributed by atoms with Crippen LogP contribution in [0.4, 0.5) is 12.9 Å².